The zero-order valence-electron chi connectivity index (χ0n) is 10.2. The molecule has 0 spiro atoms. The number of aromatic nitrogens is 2. The normalized spacial score (nSPS) is 10.7. The first-order valence-corrected chi connectivity index (χ1v) is 6.56. The highest BCUT2D eigenvalue weighted by Gasteiger charge is 2.18. The lowest BCUT2D eigenvalue weighted by molar-refractivity contribution is 0.439. The zero-order valence-corrected chi connectivity index (χ0v) is 11.8. The van der Waals surface area contributed by atoms with E-state index in [9.17, 15) is 4.39 Å². The number of anilines is 1. The molecule has 100 valence electrons. The molecule has 0 saturated carbocycles. The molecule has 4 nitrogen and oxygen atoms in total. The number of pyridine rings is 1. The maximum Gasteiger partial charge on any atom is 0.230 e. The van der Waals surface area contributed by atoms with Gasteiger partial charge in [-0.1, -0.05) is 33.2 Å². The highest BCUT2D eigenvalue weighted by Crippen LogP contribution is 2.36. The molecule has 3 aromatic rings. The van der Waals surface area contributed by atoms with Gasteiger partial charge in [-0.3, -0.25) is 4.98 Å². The predicted molar refractivity (Wildman–Crippen MR) is 77.2 cm³/mol. The molecule has 0 aliphatic rings. The average Bonchev–Trinajstić information content (AvgIpc) is 2.82. The molecule has 2 aromatic heterocycles. The second-order valence-electron chi connectivity index (χ2n) is 4.17. The molecular formula is C14H9BrFN3O. The highest BCUT2D eigenvalue weighted by atomic mass is 79.9. The van der Waals surface area contributed by atoms with E-state index in [-0.39, 0.29) is 5.88 Å². The molecule has 0 unspecified atom stereocenters. The number of rotatable bonds is 2. The lowest BCUT2D eigenvalue weighted by atomic mass is 10.0. The van der Waals surface area contributed by atoms with Crippen molar-refractivity contribution in [2.24, 2.45) is 0 Å². The van der Waals surface area contributed by atoms with Gasteiger partial charge in [-0.15, -0.1) is 0 Å². The number of benzene rings is 1. The van der Waals surface area contributed by atoms with E-state index >= 15 is 0 Å². The first-order valence-electron chi connectivity index (χ1n) is 5.77. The van der Waals surface area contributed by atoms with Crippen LogP contribution in [0.2, 0.25) is 0 Å². The second-order valence-corrected chi connectivity index (χ2v) is 5.08. The third-order valence-electron chi connectivity index (χ3n) is 2.83. The molecule has 0 aliphatic heterocycles. The minimum atomic E-state index is -0.439. The van der Waals surface area contributed by atoms with E-state index in [1.807, 2.05) is 24.3 Å². The van der Waals surface area contributed by atoms with Crippen LogP contribution in [0, 0.1) is 5.82 Å². The quantitative estimate of drug-likeness (QED) is 0.772. The van der Waals surface area contributed by atoms with Crippen LogP contribution in [-0.4, -0.2) is 10.1 Å². The molecule has 0 amide bonds. The Kier molecular flexibility index (Phi) is 3.23. The monoisotopic (exact) mass is 333 g/mol. The molecule has 2 N–H and O–H groups in total. The first kappa shape index (κ1) is 12.8. The predicted octanol–water partition coefficient (Wildman–Crippen LogP) is 3.89. The van der Waals surface area contributed by atoms with Crippen molar-refractivity contribution in [2.45, 2.75) is 0 Å². The van der Waals surface area contributed by atoms with Crippen LogP contribution in [-0.2, 0) is 0 Å². The van der Waals surface area contributed by atoms with Gasteiger partial charge in [0, 0.05) is 16.2 Å². The largest absolute Gasteiger partial charge is 0.367 e. The van der Waals surface area contributed by atoms with Gasteiger partial charge in [0.05, 0.1) is 11.8 Å². The summed E-state index contributed by atoms with van der Waals surface area (Å²) in [6, 6.07) is 8.86. The van der Waals surface area contributed by atoms with Crippen LogP contribution in [0.25, 0.3) is 22.4 Å². The standard InChI is InChI=1S/C14H9BrFN3O/c15-10-3-1-8(2-4-10)12-13(19-20-14(12)17)9-5-11(16)7-18-6-9/h1-7H,17H2. The molecule has 0 radical (unpaired) electrons. The highest BCUT2D eigenvalue weighted by molar-refractivity contribution is 9.10. The van der Waals surface area contributed by atoms with Gasteiger partial charge in [-0.2, -0.15) is 0 Å². The molecule has 6 heteroatoms. The van der Waals surface area contributed by atoms with Crippen molar-refractivity contribution >= 4 is 21.8 Å². The van der Waals surface area contributed by atoms with E-state index in [0.29, 0.717) is 16.8 Å². The van der Waals surface area contributed by atoms with Crippen LogP contribution >= 0.6 is 15.9 Å². The third-order valence-corrected chi connectivity index (χ3v) is 3.36. The fourth-order valence-electron chi connectivity index (χ4n) is 1.94. The summed E-state index contributed by atoms with van der Waals surface area (Å²) in [5.74, 6) is -0.252. The number of nitrogens with two attached hydrogens (primary N) is 1. The minimum absolute atomic E-state index is 0.187. The van der Waals surface area contributed by atoms with E-state index in [4.69, 9.17) is 10.3 Å². The summed E-state index contributed by atoms with van der Waals surface area (Å²) in [6.07, 6.45) is 2.65. The summed E-state index contributed by atoms with van der Waals surface area (Å²) in [7, 11) is 0. The van der Waals surface area contributed by atoms with Crippen LogP contribution < -0.4 is 5.73 Å². The first-order chi connectivity index (χ1) is 9.65. The molecular weight excluding hydrogens is 325 g/mol. The van der Waals surface area contributed by atoms with E-state index in [1.165, 1.54) is 12.3 Å². The van der Waals surface area contributed by atoms with Gasteiger partial charge >= 0.3 is 0 Å². The van der Waals surface area contributed by atoms with Gasteiger partial charge in [0.2, 0.25) is 5.88 Å². The molecule has 0 bridgehead atoms. The Balaban J connectivity index is 2.17. The number of hydrogen-bond acceptors (Lipinski definition) is 4. The van der Waals surface area contributed by atoms with Crippen molar-refractivity contribution in [1.29, 1.82) is 0 Å². The topological polar surface area (TPSA) is 64.9 Å². The Morgan fingerprint density at radius 2 is 1.85 bits per heavy atom. The van der Waals surface area contributed by atoms with E-state index in [2.05, 4.69) is 26.1 Å². The second kappa shape index (κ2) is 5.05. The van der Waals surface area contributed by atoms with Gasteiger partial charge in [0.1, 0.15) is 11.5 Å². The lowest BCUT2D eigenvalue weighted by Gasteiger charge is -2.03. The van der Waals surface area contributed by atoms with Crippen LogP contribution in [0.4, 0.5) is 10.3 Å². The van der Waals surface area contributed by atoms with Gasteiger partial charge in [-0.05, 0) is 23.8 Å². The number of halogens is 2. The summed E-state index contributed by atoms with van der Waals surface area (Å²) < 4.78 is 19.3. The molecule has 0 aliphatic carbocycles. The smallest absolute Gasteiger partial charge is 0.230 e. The summed E-state index contributed by atoms with van der Waals surface area (Å²) >= 11 is 3.37. The minimum Gasteiger partial charge on any atom is -0.367 e. The number of hydrogen-bond donors (Lipinski definition) is 1. The Morgan fingerprint density at radius 3 is 2.55 bits per heavy atom. The fraction of sp³-hybridized carbons (Fsp3) is 0. The Morgan fingerprint density at radius 1 is 1.10 bits per heavy atom. The van der Waals surface area contributed by atoms with E-state index in [1.54, 1.807) is 0 Å². The molecule has 0 atom stereocenters. The van der Waals surface area contributed by atoms with E-state index < -0.39 is 5.82 Å². The summed E-state index contributed by atoms with van der Waals surface area (Å²) in [6.45, 7) is 0. The number of nitrogen functional groups attached to an aromatic ring is 1. The van der Waals surface area contributed by atoms with Crippen molar-refractivity contribution in [2.75, 3.05) is 5.73 Å². The number of nitrogens with zero attached hydrogens (tertiary/aromatic N) is 2. The van der Waals surface area contributed by atoms with Gasteiger partial charge < -0.3 is 10.3 Å². The van der Waals surface area contributed by atoms with Crippen LogP contribution in [0.1, 0.15) is 0 Å². The Labute approximate surface area is 122 Å². The molecule has 3 rings (SSSR count). The SMILES string of the molecule is Nc1onc(-c2cncc(F)c2)c1-c1ccc(Br)cc1. The van der Waals surface area contributed by atoms with Gasteiger partial charge in [0.15, 0.2) is 0 Å². The average molecular weight is 334 g/mol. The summed E-state index contributed by atoms with van der Waals surface area (Å²) in [5, 5.41) is 3.91. The maximum absolute atomic E-state index is 13.3. The lowest BCUT2D eigenvalue weighted by Crippen LogP contribution is -1.89. The summed E-state index contributed by atoms with van der Waals surface area (Å²) in [5.41, 5.74) is 8.29. The summed E-state index contributed by atoms with van der Waals surface area (Å²) in [4.78, 5) is 3.81. The molecule has 0 fully saturated rings. The maximum atomic E-state index is 13.3. The van der Waals surface area contributed by atoms with Crippen molar-refractivity contribution in [3.05, 3.63) is 53.0 Å². The van der Waals surface area contributed by atoms with Crippen molar-refractivity contribution < 1.29 is 8.91 Å². The van der Waals surface area contributed by atoms with E-state index in [0.717, 1.165) is 16.2 Å². The molecule has 2 heterocycles. The van der Waals surface area contributed by atoms with Gasteiger partial charge in [-0.25, -0.2) is 4.39 Å². The third kappa shape index (κ3) is 2.30. The molecule has 0 saturated heterocycles. The van der Waals surface area contributed by atoms with Crippen LogP contribution in [0.5, 0.6) is 0 Å². The van der Waals surface area contributed by atoms with Crippen LogP contribution in [0.3, 0.4) is 0 Å². The van der Waals surface area contributed by atoms with Crippen LogP contribution in [0.15, 0.2) is 51.7 Å². The van der Waals surface area contributed by atoms with Crippen molar-refractivity contribution in [3.8, 4) is 22.4 Å². The fourth-order valence-corrected chi connectivity index (χ4v) is 2.20. The van der Waals surface area contributed by atoms with Gasteiger partial charge in [0.25, 0.3) is 0 Å². The van der Waals surface area contributed by atoms with Crippen molar-refractivity contribution in [3.63, 3.8) is 0 Å². The Hall–Kier alpha value is -2.21. The molecule has 1 aromatic carbocycles. The zero-order chi connectivity index (χ0) is 14.1. The molecule has 20 heavy (non-hydrogen) atoms. The van der Waals surface area contributed by atoms with Crippen molar-refractivity contribution in [1.82, 2.24) is 10.1 Å². The Bertz CT molecular complexity index is 755.